The summed E-state index contributed by atoms with van der Waals surface area (Å²) in [6.45, 7) is 2.88. The van der Waals surface area contributed by atoms with Gasteiger partial charge in [0.15, 0.2) is 0 Å². The molecule has 2 aromatic heterocycles. The zero-order valence-corrected chi connectivity index (χ0v) is 36.4. The van der Waals surface area contributed by atoms with Gasteiger partial charge >= 0.3 is 6.36 Å². The number of amides is 5. The first kappa shape index (κ1) is 46.2. The normalized spacial score (nSPS) is 17.1. The summed E-state index contributed by atoms with van der Waals surface area (Å²) in [7, 11) is 1.68. The number of carbonyl (C=O) groups excluding carboxylic acids is 5. The van der Waals surface area contributed by atoms with Crippen molar-refractivity contribution in [2.45, 2.75) is 122 Å². The number of nitrogens with zero attached hydrogens (tertiary/aromatic N) is 5. The molecule has 1 unspecified atom stereocenters. The maximum Gasteiger partial charge on any atom is 0.522 e. The van der Waals surface area contributed by atoms with Crippen LogP contribution in [0.5, 0.6) is 0 Å². The number of ether oxygens (including phenoxy) is 1. The number of likely N-dealkylation sites (tertiary alicyclic amines) is 1. The second-order valence-electron chi connectivity index (χ2n) is 17.1. The van der Waals surface area contributed by atoms with E-state index in [1.54, 1.807) is 44.4 Å². The van der Waals surface area contributed by atoms with Crippen molar-refractivity contribution in [3.63, 3.8) is 0 Å². The van der Waals surface area contributed by atoms with Crippen LogP contribution in [0.3, 0.4) is 0 Å². The molecule has 2 N–H and O–H groups in total. The van der Waals surface area contributed by atoms with Gasteiger partial charge in [-0.25, -0.2) is 4.98 Å². The topological polar surface area (TPSA) is 165 Å². The van der Waals surface area contributed by atoms with Gasteiger partial charge in [0.05, 0.1) is 28.8 Å². The number of alkyl halides is 3. The summed E-state index contributed by atoms with van der Waals surface area (Å²) in [5.74, 6) is -1.32. The molecule has 14 nitrogen and oxygen atoms in total. The molecule has 2 fully saturated rings. The van der Waals surface area contributed by atoms with Gasteiger partial charge in [-0.15, -0.1) is 13.2 Å². The van der Waals surface area contributed by atoms with Crippen LogP contribution in [0.4, 0.5) is 18.9 Å². The predicted molar refractivity (Wildman–Crippen MR) is 233 cm³/mol. The number of aromatic nitrogens is 3. The number of hydrogen-bond acceptors (Lipinski definition) is 9. The molecule has 2 aromatic carbocycles. The van der Waals surface area contributed by atoms with Crippen molar-refractivity contribution in [1.82, 2.24) is 29.2 Å². The lowest BCUT2D eigenvalue weighted by atomic mass is 9.95. The van der Waals surface area contributed by atoms with Gasteiger partial charge in [-0.1, -0.05) is 57.1 Å². The number of imidazole rings is 1. The Morgan fingerprint density at radius 3 is 2.27 bits per heavy atom. The number of hydrogen-bond donors (Lipinski definition) is 2. The lowest BCUT2D eigenvalue weighted by molar-refractivity contribution is -0.325. The molecule has 1 atom stereocenters. The van der Waals surface area contributed by atoms with Gasteiger partial charge in [-0.05, 0) is 80.5 Å². The molecule has 4 aromatic rings. The van der Waals surface area contributed by atoms with Crippen molar-refractivity contribution >= 4 is 46.3 Å². The Labute approximate surface area is 369 Å². The summed E-state index contributed by atoms with van der Waals surface area (Å²) in [5.41, 5.74) is 4.54. The second-order valence-corrected chi connectivity index (χ2v) is 17.1. The van der Waals surface area contributed by atoms with E-state index in [1.165, 1.54) is 4.57 Å². The number of benzene rings is 2. The number of unbranched alkanes of at least 4 members (excludes halogenated alkanes) is 8. The van der Waals surface area contributed by atoms with Crippen molar-refractivity contribution in [2.24, 2.45) is 7.05 Å². The van der Waals surface area contributed by atoms with Crippen LogP contribution in [-0.2, 0) is 32.7 Å². The Balaban J connectivity index is 0.794. The Hall–Kier alpha value is -5.84. The smallest absolute Gasteiger partial charge is 0.384 e. The minimum atomic E-state index is -4.75. The van der Waals surface area contributed by atoms with Gasteiger partial charge in [-0.3, -0.25) is 43.7 Å². The standard InChI is InChI=1S/C47H56F3N7O7/c1-30-27-33(29-54(2)44(30)61)32-16-17-35-38(28-32)56(25-26-64-47(48,49)50)42(52-35)31-20-23-55(24-21-31)40(59)15-10-8-6-4-3-5-7-9-11-22-51-36-14-12-13-34-41(36)46(63)57(45(34)62)37-18-19-39(58)53-43(37)60/h12-14,16-17,27-29,31,37,51H,3-11,15,18-26H2,1-2H3,(H,53,58,60). The highest BCUT2D eigenvalue weighted by Crippen LogP contribution is 2.34. The number of nitrogens with one attached hydrogen (secondary N) is 2. The van der Waals surface area contributed by atoms with E-state index in [4.69, 9.17) is 4.98 Å². The molecule has 5 amide bonds. The number of halogens is 3. The summed E-state index contributed by atoms with van der Waals surface area (Å²) in [5, 5.41) is 5.52. The van der Waals surface area contributed by atoms with E-state index in [0.717, 1.165) is 73.8 Å². The lowest BCUT2D eigenvalue weighted by Gasteiger charge is -2.32. The third-order valence-corrected chi connectivity index (χ3v) is 12.6. The molecule has 3 aliphatic rings. The number of imide groups is 2. The molecule has 64 heavy (non-hydrogen) atoms. The Morgan fingerprint density at radius 1 is 0.875 bits per heavy atom. The van der Waals surface area contributed by atoms with E-state index in [1.807, 2.05) is 27.7 Å². The van der Waals surface area contributed by atoms with Crippen molar-refractivity contribution in [2.75, 3.05) is 31.6 Å². The fourth-order valence-corrected chi connectivity index (χ4v) is 9.22. The van der Waals surface area contributed by atoms with Crippen LogP contribution in [0.2, 0.25) is 0 Å². The Bertz CT molecular complexity index is 2430. The number of anilines is 1. The van der Waals surface area contributed by atoms with Crippen LogP contribution in [-0.4, -0.2) is 92.1 Å². The van der Waals surface area contributed by atoms with Gasteiger partial charge in [0, 0.05) is 69.4 Å². The van der Waals surface area contributed by atoms with Crippen molar-refractivity contribution in [3.8, 4) is 11.1 Å². The Kier molecular flexibility index (Phi) is 14.7. The van der Waals surface area contributed by atoms with Gasteiger partial charge in [0.25, 0.3) is 17.4 Å². The number of fused-ring (bicyclic) bond motifs is 2. The monoisotopic (exact) mass is 887 g/mol. The van der Waals surface area contributed by atoms with E-state index in [0.29, 0.717) is 67.0 Å². The minimum Gasteiger partial charge on any atom is -0.384 e. The Morgan fingerprint density at radius 2 is 1.58 bits per heavy atom. The van der Waals surface area contributed by atoms with E-state index in [9.17, 15) is 41.9 Å². The molecule has 7 rings (SSSR count). The molecule has 0 aliphatic carbocycles. The fourth-order valence-electron chi connectivity index (χ4n) is 9.22. The molecule has 0 radical (unpaired) electrons. The average Bonchev–Trinajstić information content (AvgIpc) is 3.75. The first-order chi connectivity index (χ1) is 30.7. The van der Waals surface area contributed by atoms with Crippen LogP contribution in [0.15, 0.2) is 53.5 Å². The first-order valence-corrected chi connectivity index (χ1v) is 22.4. The van der Waals surface area contributed by atoms with Crippen LogP contribution in [0, 0.1) is 6.92 Å². The number of rotatable bonds is 19. The zero-order chi connectivity index (χ0) is 45.5. The van der Waals surface area contributed by atoms with E-state index in [2.05, 4.69) is 15.4 Å². The number of pyridine rings is 1. The molecule has 0 bridgehead atoms. The zero-order valence-electron chi connectivity index (χ0n) is 36.4. The second kappa shape index (κ2) is 20.3. The lowest BCUT2D eigenvalue weighted by Crippen LogP contribution is -2.54. The molecular formula is C47H56F3N7O7. The first-order valence-electron chi connectivity index (χ1n) is 22.4. The highest BCUT2D eigenvalue weighted by atomic mass is 19.4. The van der Waals surface area contributed by atoms with Crippen LogP contribution >= 0.6 is 0 Å². The maximum atomic E-state index is 13.3. The van der Waals surface area contributed by atoms with Gasteiger partial charge in [0.1, 0.15) is 11.9 Å². The molecule has 2 saturated heterocycles. The maximum absolute atomic E-state index is 13.3. The quantitative estimate of drug-likeness (QED) is 0.0723. The van der Waals surface area contributed by atoms with Crippen molar-refractivity contribution < 1.29 is 41.9 Å². The number of carbonyl (C=O) groups is 5. The van der Waals surface area contributed by atoms with Crippen LogP contribution in [0.25, 0.3) is 22.2 Å². The molecule has 3 aliphatic heterocycles. The number of piperidine rings is 2. The summed E-state index contributed by atoms with van der Waals surface area (Å²) in [4.78, 5) is 83.6. The molecule has 0 saturated carbocycles. The van der Waals surface area contributed by atoms with E-state index >= 15 is 0 Å². The average molecular weight is 888 g/mol. The third-order valence-electron chi connectivity index (χ3n) is 12.6. The molecule has 342 valence electrons. The largest absolute Gasteiger partial charge is 0.522 e. The van der Waals surface area contributed by atoms with Gasteiger partial charge in [-0.2, -0.15) is 0 Å². The molecule has 17 heteroatoms. The highest BCUT2D eigenvalue weighted by molar-refractivity contribution is 6.25. The van der Waals surface area contributed by atoms with E-state index < -0.39 is 42.6 Å². The minimum absolute atomic E-state index is 0.0380. The number of aryl methyl sites for hydroxylation is 2. The summed E-state index contributed by atoms with van der Waals surface area (Å²) in [6.07, 6.45) is 8.06. The molecule has 0 spiro atoms. The van der Waals surface area contributed by atoms with E-state index in [-0.39, 0.29) is 47.9 Å². The summed E-state index contributed by atoms with van der Waals surface area (Å²) in [6, 6.07) is 11.5. The van der Waals surface area contributed by atoms with Gasteiger partial charge < -0.3 is 19.4 Å². The highest BCUT2D eigenvalue weighted by Gasteiger charge is 2.45. The van der Waals surface area contributed by atoms with Crippen molar-refractivity contribution in [1.29, 1.82) is 0 Å². The fraction of sp³-hybridized carbons (Fsp3) is 0.511. The summed E-state index contributed by atoms with van der Waals surface area (Å²) >= 11 is 0. The molecular weight excluding hydrogens is 832 g/mol. The summed E-state index contributed by atoms with van der Waals surface area (Å²) < 4.78 is 46.5. The predicted octanol–water partition coefficient (Wildman–Crippen LogP) is 7.37. The molecule has 5 heterocycles. The van der Waals surface area contributed by atoms with Crippen molar-refractivity contribution in [3.05, 3.63) is 81.5 Å². The van der Waals surface area contributed by atoms with Crippen LogP contribution in [0.1, 0.15) is 128 Å². The third kappa shape index (κ3) is 10.7. The van der Waals surface area contributed by atoms with Crippen LogP contribution < -0.4 is 16.2 Å². The van der Waals surface area contributed by atoms with Gasteiger partial charge in [0.2, 0.25) is 17.7 Å². The SMILES string of the molecule is Cc1cc(-c2ccc3nc(C4CCN(C(=O)CCCCCCCCCCCNc5cccc6c5C(=O)N(C5CCC(=O)NC5=O)C6=O)CC4)n(CCOC(F)(F)F)c3c2)cn(C)c1=O.